The number of carbonyl (C=O) groups excluding carboxylic acids is 1. The largest absolute Gasteiger partial charge is 0.376 e. The maximum Gasteiger partial charge on any atom is 0.244 e. The summed E-state index contributed by atoms with van der Waals surface area (Å²) in [6, 6.07) is 23.4. The number of amides is 1. The van der Waals surface area contributed by atoms with E-state index in [0.717, 1.165) is 21.9 Å². The summed E-state index contributed by atoms with van der Waals surface area (Å²) in [7, 11) is 0. The van der Waals surface area contributed by atoms with Gasteiger partial charge in [0.2, 0.25) is 5.91 Å². The van der Waals surface area contributed by atoms with Crippen LogP contribution in [0.15, 0.2) is 97.6 Å². The molecule has 0 bridgehead atoms. The Hall–Kier alpha value is -3.74. The number of rotatable bonds is 9. The van der Waals surface area contributed by atoms with Crippen molar-refractivity contribution in [3.8, 4) is 0 Å². The van der Waals surface area contributed by atoms with Gasteiger partial charge < -0.3 is 15.0 Å². The number of benzene rings is 3. The Bertz CT molecular complexity index is 1170. The predicted octanol–water partition coefficient (Wildman–Crippen LogP) is 3.34. The van der Waals surface area contributed by atoms with Crippen LogP contribution in [0.1, 0.15) is 11.1 Å². The number of aromatic nitrogens is 2. The summed E-state index contributed by atoms with van der Waals surface area (Å²) >= 11 is 0. The number of imidazole rings is 1. The van der Waals surface area contributed by atoms with Crippen molar-refractivity contribution in [3.05, 3.63) is 109 Å². The fourth-order valence-corrected chi connectivity index (χ4v) is 3.52. The van der Waals surface area contributed by atoms with E-state index in [2.05, 4.69) is 21.7 Å². The van der Waals surface area contributed by atoms with Crippen molar-refractivity contribution in [3.63, 3.8) is 0 Å². The van der Waals surface area contributed by atoms with E-state index in [9.17, 15) is 9.90 Å². The van der Waals surface area contributed by atoms with Gasteiger partial charge in [0.05, 0.1) is 12.4 Å². The number of hydrogen-bond acceptors (Lipinski definition) is 4. The minimum absolute atomic E-state index is 0.274. The lowest BCUT2D eigenvalue weighted by Gasteiger charge is -2.25. The van der Waals surface area contributed by atoms with E-state index in [-0.39, 0.29) is 5.91 Å². The van der Waals surface area contributed by atoms with Gasteiger partial charge in [-0.2, -0.15) is 0 Å². The van der Waals surface area contributed by atoms with Crippen LogP contribution >= 0.6 is 0 Å². The number of fused-ring (bicyclic) bond motifs is 1. The molecule has 0 fully saturated rings. The molecule has 1 amide bonds. The summed E-state index contributed by atoms with van der Waals surface area (Å²) in [4.78, 5) is 16.7. The molecule has 1 heterocycles. The molecule has 0 saturated carbocycles. The second-order valence-corrected chi connectivity index (χ2v) is 7.63. The fraction of sp³-hybridized carbons (Fsp3) is 0.154. The Kier molecular flexibility index (Phi) is 7.07. The van der Waals surface area contributed by atoms with Crippen LogP contribution in [0, 0.1) is 0 Å². The zero-order chi connectivity index (χ0) is 22.2. The maximum absolute atomic E-state index is 12.6. The van der Waals surface area contributed by atoms with Crippen molar-refractivity contribution in [2.45, 2.75) is 25.4 Å². The van der Waals surface area contributed by atoms with Crippen LogP contribution in [0.4, 0.5) is 0 Å². The van der Waals surface area contributed by atoms with Crippen LogP contribution in [0.2, 0.25) is 0 Å². The summed E-state index contributed by atoms with van der Waals surface area (Å²) in [6.45, 7) is 0.879. The Morgan fingerprint density at radius 1 is 1.03 bits per heavy atom. The second-order valence-electron chi connectivity index (χ2n) is 7.63. The van der Waals surface area contributed by atoms with Gasteiger partial charge >= 0.3 is 0 Å². The van der Waals surface area contributed by atoms with Gasteiger partial charge in [0.1, 0.15) is 6.23 Å². The first kappa shape index (κ1) is 21.5. The van der Waals surface area contributed by atoms with Crippen molar-refractivity contribution in [1.82, 2.24) is 20.2 Å². The standard InChI is InChI=1S/C26H26N4O2/c31-25(13-11-20-10-12-22-8-4-5-9-23(22)16-20)29-24(18-30-15-14-27-19-30)26(32)28-17-21-6-2-1-3-7-21/h1-16,19,24,26,28,32H,17-18H2,(H,29,31)/b13-11+. The third-order valence-electron chi connectivity index (χ3n) is 5.23. The van der Waals surface area contributed by atoms with Gasteiger partial charge in [0.25, 0.3) is 0 Å². The van der Waals surface area contributed by atoms with Gasteiger partial charge in [-0.1, -0.05) is 66.7 Å². The van der Waals surface area contributed by atoms with E-state index in [0.29, 0.717) is 13.1 Å². The smallest absolute Gasteiger partial charge is 0.244 e. The minimum atomic E-state index is -0.935. The summed E-state index contributed by atoms with van der Waals surface area (Å²) in [6.07, 6.45) is 7.47. The summed E-state index contributed by atoms with van der Waals surface area (Å²) < 4.78 is 1.82. The molecule has 0 radical (unpaired) electrons. The van der Waals surface area contributed by atoms with Crippen LogP contribution in [0.25, 0.3) is 16.8 Å². The molecule has 0 aliphatic heterocycles. The molecule has 0 aliphatic rings. The first-order chi connectivity index (χ1) is 15.7. The second kappa shape index (κ2) is 10.5. The predicted molar refractivity (Wildman–Crippen MR) is 126 cm³/mol. The van der Waals surface area contributed by atoms with Crippen LogP contribution in [0.3, 0.4) is 0 Å². The molecule has 3 N–H and O–H groups in total. The lowest BCUT2D eigenvalue weighted by atomic mass is 10.1. The summed E-state index contributed by atoms with van der Waals surface area (Å²) in [5, 5.41) is 19.0. The lowest BCUT2D eigenvalue weighted by molar-refractivity contribution is -0.118. The number of aliphatic hydroxyl groups excluding tert-OH is 1. The highest BCUT2D eigenvalue weighted by atomic mass is 16.3. The molecular formula is C26H26N4O2. The number of nitrogens with one attached hydrogen (secondary N) is 2. The zero-order valence-corrected chi connectivity index (χ0v) is 17.6. The number of aliphatic hydroxyl groups is 1. The van der Waals surface area contributed by atoms with Crippen molar-refractivity contribution < 1.29 is 9.90 Å². The maximum atomic E-state index is 12.6. The van der Waals surface area contributed by atoms with Gasteiger partial charge in [-0.05, 0) is 34.0 Å². The molecule has 6 heteroatoms. The van der Waals surface area contributed by atoms with Crippen LogP contribution in [0.5, 0.6) is 0 Å². The Morgan fingerprint density at radius 2 is 1.81 bits per heavy atom. The normalized spacial score (nSPS) is 13.3. The van der Waals surface area contributed by atoms with E-state index in [1.807, 2.05) is 71.3 Å². The van der Waals surface area contributed by atoms with E-state index < -0.39 is 12.3 Å². The minimum Gasteiger partial charge on any atom is -0.376 e. The SMILES string of the molecule is O=C(/C=C/c1ccc2ccccc2c1)NC(Cn1ccnc1)C(O)NCc1ccccc1. The molecule has 1 aromatic heterocycles. The monoisotopic (exact) mass is 426 g/mol. The van der Waals surface area contributed by atoms with Crippen LogP contribution in [-0.4, -0.2) is 32.8 Å². The Balaban J connectivity index is 1.41. The molecule has 32 heavy (non-hydrogen) atoms. The quantitative estimate of drug-likeness (QED) is 0.283. The average molecular weight is 427 g/mol. The van der Waals surface area contributed by atoms with Crippen molar-refractivity contribution in [1.29, 1.82) is 0 Å². The molecule has 162 valence electrons. The topological polar surface area (TPSA) is 79.2 Å². The van der Waals surface area contributed by atoms with E-state index in [1.54, 1.807) is 24.8 Å². The molecule has 0 spiro atoms. The molecule has 2 unspecified atom stereocenters. The van der Waals surface area contributed by atoms with Crippen LogP contribution < -0.4 is 10.6 Å². The number of hydrogen-bond donors (Lipinski definition) is 3. The third-order valence-corrected chi connectivity index (χ3v) is 5.23. The zero-order valence-electron chi connectivity index (χ0n) is 17.6. The summed E-state index contributed by atoms with van der Waals surface area (Å²) in [5.74, 6) is -0.274. The molecule has 0 aliphatic carbocycles. The van der Waals surface area contributed by atoms with Gasteiger partial charge in [-0.15, -0.1) is 0 Å². The summed E-state index contributed by atoms with van der Waals surface area (Å²) in [5.41, 5.74) is 1.99. The molecule has 3 aromatic carbocycles. The molecule has 4 aromatic rings. The highest BCUT2D eigenvalue weighted by molar-refractivity contribution is 5.93. The first-order valence-electron chi connectivity index (χ1n) is 10.6. The molecule has 2 atom stereocenters. The average Bonchev–Trinajstić information content (AvgIpc) is 3.34. The Morgan fingerprint density at radius 3 is 2.59 bits per heavy atom. The van der Waals surface area contributed by atoms with Gasteiger partial charge in [-0.3, -0.25) is 10.1 Å². The van der Waals surface area contributed by atoms with Gasteiger partial charge in [-0.25, -0.2) is 4.98 Å². The highest BCUT2D eigenvalue weighted by Gasteiger charge is 2.20. The third kappa shape index (κ3) is 5.91. The van der Waals surface area contributed by atoms with Crippen molar-refractivity contribution in [2.24, 2.45) is 0 Å². The number of carbonyl (C=O) groups is 1. The molecule has 4 rings (SSSR count). The molecular weight excluding hydrogens is 400 g/mol. The van der Waals surface area contributed by atoms with Crippen molar-refractivity contribution >= 4 is 22.8 Å². The highest BCUT2D eigenvalue weighted by Crippen LogP contribution is 2.16. The van der Waals surface area contributed by atoms with E-state index >= 15 is 0 Å². The first-order valence-corrected chi connectivity index (χ1v) is 10.6. The Labute approximate surface area is 187 Å². The van der Waals surface area contributed by atoms with Crippen LogP contribution in [-0.2, 0) is 17.9 Å². The van der Waals surface area contributed by atoms with Gasteiger partial charge in [0.15, 0.2) is 0 Å². The van der Waals surface area contributed by atoms with Gasteiger partial charge in [0, 0.05) is 31.6 Å². The molecule has 6 nitrogen and oxygen atoms in total. The lowest BCUT2D eigenvalue weighted by Crippen LogP contribution is -2.51. The van der Waals surface area contributed by atoms with E-state index in [4.69, 9.17) is 0 Å². The number of nitrogens with zero attached hydrogens (tertiary/aromatic N) is 2. The van der Waals surface area contributed by atoms with Crippen molar-refractivity contribution in [2.75, 3.05) is 0 Å². The fourth-order valence-electron chi connectivity index (χ4n) is 3.52. The molecule has 0 saturated heterocycles. The van der Waals surface area contributed by atoms with E-state index in [1.165, 1.54) is 6.08 Å².